The van der Waals surface area contributed by atoms with Crippen LogP contribution in [0.2, 0.25) is 0 Å². The van der Waals surface area contributed by atoms with Gasteiger partial charge in [-0.25, -0.2) is 4.39 Å². The van der Waals surface area contributed by atoms with Crippen LogP contribution in [0.4, 0.5) is 10.1 Å². The van der Waals surface area contributed by atoms with Crippen LogP contribution in [0.5, 0.6) is 5.75 Å². The topological polar surface area (TPSA) is 38.3 Å². The van der Waals surface area contributed by atoms with Crippen LogP contribution in [0.25, 0.3) is 0 Å². The van der Waals surface area contributed by atoms with E-state index in [9.17, 15) is 9.18 Å². The minimum atomic E-state index is -0.458. The van der Waals surface area contributed by atoms with E-state index in [-0.39, 0.29) is 17.6 Å². The SMILES string of the molecule is CCC(C)C1CCC(C(=O)Nc2ccc(OC)c(F)c2)CC1. The first-order valence-corrected chi connectivity index (χ1v) is 8.19. The Balaban J connectivity index is 1.89. The van der Waals surface area contributed by atoms with Crippen molar-refractivity contribution in [2.75, 3.05) is 12.4 Å². The lowest BCUT2D eigenvalue weighted by molar-refractivity contribution is -0.121. The summed E-state index contributed by atoms with van der Waals surface area (Å²) in [6.45, 7) is 4.52. The van der Waals surface area contributed by atoms with Gasteiger partial charge in [0.25, 0.3) is 0 Å². The summed E-state index contributed by atoms with van der Waals surface area (Å²) in [4.78, 5) is 12.3. The highest BCUT2D eigenvalue weighted by Gasteiger charge is 2.28. The summed E-state index contributed by atoms with van der Waals surface area (Å²) >= 11 is 0. The maximum Gasteiger partial charge on any atom is 0.227 e. The fourth-order valence-electron chi connectivity index (χ4n) is 3.27. The van der Waals surface area contributed by atoms with Crippen molar-refractivity contribution in [1.82, 2.24) is 0 Å². The Morgan fingerprint density at radius 3 is 2.59 bits per heavy atom. The Morgan fingerprint density at radius 2 is 2.05 bits per heavy atom. The average Bonchev–Trinajstić information content (AvgIpc) is 2.54. The van der Waals surface area contributed by atoms with Crippen molar-refractivity contribution in [3.63, 3.8) is 0 Å². The third-order valence-electron chi connectivity index (χ3n) is 5.01. The van der Waals surface area contributed by atoms with E-state index in [1.165, 1.54) is 25.7 Å². The van der Waals surface area contributed by atoms with Crippen LogP contribution in [-0.2, 0) is 4.79 Å². The molecule has 0 heterocycles. The summed E-state index contributed by atoms with van der Waals surface area (Å²) in [7, 11) is 1.42. The lowest BCUT2D eigenvalue weighted by Gasteiger charge is -2.31. The summed E-state index contributed by atoms with van der Waals surface area (Å²) in [5.41, 5.74) is 0.493. The number of hydrogen-bond acceptors (Lipinski definition) is 2. The van der Waals surface area contributed by atoms with Gasteiger partial charge in [-0.3, -0.25) is 4.79 Å². The van der Waals surface area contributed by atoms with Crippen LogP contribution >= 0.6 is 0 Å². The maximum atomic E-state index is 13.6. The zero-order valence-corrected chi connectivity index (χ0v) is 13.7. The Labute approximate surface area is 132 Å². The second kappa shape index (κ2) is 7.61. The molecule has 2 rings (SSSR count). The highest BCUT2D eigenvalue weighted by atomic mass is 19.1. The number of amides is 1. The van der Waals surface area contributed by atoms with E-state index in [0.717, 1.165) is 37.5 Å². The van der Waals surface area contributed by atoms with Gasteiger partial charge in [0.05, 0.1) is 7.11 Å². The molecule has 1 aliphatic carbocycles. The van der Waals surface area contributed by atoms with Crippen LogP contribution < -0.4 is 10.1 Å². The maximum absolute atomic E-state index is 13.6. The van der Waals surface area contributed by atoms with Crippen LogP contribution in [0.1, 0.15) is 46.0 Å². The highest BCUT2D eigenvalue weighted by molar-refractivity contribution is 5.92. The summed E-state index contributed by atoms with van der Waals surface area (Å²) in [6.07, 6.45) is 5.29. The number of hydrogen-bond donors (Lipinski definition) is 1. The summed E-state index contributed by atoms with van der Waals surface area (Å²) in [6, 6.07) is 4.51. The lowest BCUT2D eigenvalue weighted by Crippen LogP contribution is -2.28. The van der Waals surface area contributed by atoms with E-state index >= 15 is 0 Å². The Morgan fingerprint density at radius 1 is 1.36 bits per heavy atom. The number of halogens is 1. The third kappa shape index (κ3) is 3.99. The molecular formula is C18H26FNO2. The predicted molar refractivity (Wildman–Crippen MR) is 86.5 cm³/mol. The molecule has 122 valence electrons. The molecule has 1 fully saturated rings. The van der Waals surface area contributed by atoms with Gasteiger partial charge in [0.1, 0.15) is 0 Å². The van der Waals surface area contributed by atoms with Crippen LogP contribution in [0.15, 0.2) is 18.2 Å². The van der Waals surface area contributed by atoms with E-state index in [4.69, 9.17) is 4.74 Å². The number of ether oxygens (including phenoxy) is 1. The Bertz CT molecular complexity index is 510. The second-order valence-electron chi connectivity index (χ2n) is 6.34. The van der Waals surface area contributed by atoms with Gasteiger partial charge >= 0.3 is 0 Å². The van der Waals surface area contributed by atoms with Crippen LogP contribution in [0, 0.1) is 23.6 Å². The molecule has 1 N–H and O–H groups in total. The standard InChI is InChI=1S/C18H26FNO2/c1-4-12(2)13-5-7-14(8-6-13)18(21)20-15-9-10-17(22-3)16(19)11-15/h9-14H,4-8H2,1-3H3,(H,20,21). The van der Waals surface area contributed by atoms with Crippen molar-refractivity contribution >= 4 is 11.6 Å². The molecule has 1 atom stereocenters. The molecule has 0 bridgehead atoms. The Hall–Kier alpha value is -1.58. The number of carbonyl (C=O) groups excluding carboxylic acids is 1. The van der Waals surface area contributed by atoms with Crippen molar-refractivity contribution < 1.29 is 13.9 Å². The number of carbonyl (C=O) groups is 1. The van der Waals surface area contributed by atoms with E-state index < -0.39 is 5.82 Å². The molecule has 1 unspecified atom stereocenters. The number of rotatable bonds is 5. The van der Waals surface area contributed by atoms with Crippen molar-refractivity contribution in [2.24, 2.45) is 17.8 Å². The molecule has 1 amide bonds. The van der Waals surface area contributed by atoms with Gasteiger partial charge < -0.3 is 10.1 Å². The number of nitrogens with one attached hydrogen (secondary N) is 1. The highest BCUT2D eigenvalue weighted by Crippen LogP contribution is 2.35. The zero-order chi connectivity index (χ0) is 16.1. The number of benzene rings is 1. The van der Waals surface area contributed by atoms with E-state index in [0.29, 0.717) is 5.69 Å². The summed E-state index contributed by atoms with van der Waals surface area (Å²) in [5.74, 6) is 1.26. The molecule has 0 aliphatic heterocycles. The molecule has 1 saturated carbocycles. The van der Waals surface area contributed by atoms with E-state index in [1.807, 2.05) is 0 Å². The molecule has 3 nitrogen and oxygen atoms in total. The molecule has 0 spiro atoms. The fraction of sp³-hybridized carbons (Fsp3) is 0.611. The van der Waals surface area contributed by atoms with Gasteiger partial charge in [-0.1, -0.05) is 20.3 Å². The van der Waals surface area contributed by atoms with Gasteiger partial charge in [-0.2, -0.15) is 0 Å². The van der Waals surface area contributed by atoms with Gasteiger partial charge in [-0.05, 0) is 49.7 Å². The Kier molecular flexibility index (Phi) is 5.81. The van der Waals surface area contributed by atoms with Gasteiger partial charge in [0.15, 0.2) is 11.6 Å². The smallest absolute Gasteiger partial charge is 0.227 e. The van der Waals surface area contributed by atoms with Crippen molar-refractivity contribution in [3.05, 3.63) is 24.0 Å². The molecular weight excluding hydrogens is 281 g/mol. The first kappa shape index (κ1) is 16.8. The number of anilines is 1. The molecule has 0 aromatic heterocycles. The monoisotopic (exact) mass is 307 g/mol. The minimum absolute atomic E-state index is 0.00664. The molecule has 4 heteroatoms. The van der Waals surface area contributed by atoms with Gasteiger partial charge in [0, 0.05) is 17.7 Å². The van der Waals surface area contributed by atoms with Crippen molar-refractivity contribution in [2.45, 2.75) is 46.0 Å². The zero-order valence-electron chi connectivity index (χ0n) is 13.7. The molecule has 0 radical (unpaired) electrons. The third-order valence-corrected chi connectivity index (χ3v) is 5.01. The van der Waals surface area contributed by atoms with Crippen molar-refractivity contribution in [3.8, 4) is 5.75 Å². The van der Waals surface area contributed by atoms with Gasteiger partial charge in [-0.15, -0.1) is 0 Å². The van der Waals surface area contributed by atoms with Gasteiger partial charge in [0.2, 0.25) is 5.91 Å². The molecule has 1 aromatic carbocycles. The first-order valence-electron chi connectivity index (χ1n) is 8.19. The lowest BCUT2D eigenvalue weighted by atomic mass is 9.75. The quantitative estimate of drug-likeness (QED) is 0.861. The number of methoxy groups -OCH3 is 1. The van der Waals surface area contributed by atoms with E-state index in [2.05, 4.69) is 19.2 Å². The first-order chi connectivity index (χ1) is 10.5. The molecule has 1 aromatic rings. The van der Waals surface area contributed by atoms with Crippen LogP contribution in [-0.4, -0.2) is 13.0 Å². The molecule has 22 heavy (non-hydrogen) atoms. The minimum Gasteiger partial charge on any atom is -0.494 e. The fourth-order valence-corrected chi connectivity index (χ4v) is 3.27. The summed E-state index contributed by atoms with van der Waals surface area (Å²) < 4.78 is 18.5. The average molecular weight is 307 g/mol. The largest absolute Gasteiger partial charge is 0.494 e. The second-order valence-corrected chi connectivity index (χ2v) is 6.34. The molecule has 1 aliphatic rings. The predicted octanol–water partition coefficient (Wildman–Crippen LogP) is 4.63. The normalized spacial score (nSPS) is 22.9. The van der Waals surface area contributed by atoms with Crippen LogP contribution in [0.3, 0.4) is 0 Å². The van der Waals surface area contributed by atoms with E-state index in [1.54, 1.807) is 6.07 Å². The van der Waals surface area contributed by atoms with Crippen molar-refractivity contribution in [1.29, 1.82) is 0 Å². The molecule has 0 saturated heterocycles. The summed E-state index contributed by atoms with van der Waals surface area (Å²) in [5, 5.41) is 2.83.